The minimum absolute atomic E-state index is 0.299. The fourth-order valence-corrected chi connectivity index (χ4v) is 2.34. The van der Waals surface area contributed by atoms with Gasteiger partial charge in [0.2, 0.25) is 0 Å². The van der Waals surface area contributed by atoms with Crippen molar-refractivity contribution in [3.05, 3.63) is 35.0 Å². The molecule has 0 bridgehead atoms. The van der Waals surface area contributed by atoms with Gasteiger partial charge in [-0.25, -0.2) is 4.79 Å². The van der Waals surface area contributed by atoms with Crippen LogP contribution in [-0.4, -0.2) is 21.4 Å². The summed E-state index contributed by atoms with van der Waals surface area (Å²) in [7, 11) is 1.84. The standard InChI is InChI=1S/C15H17NO3/c1-8(2)10-5-6-12-11(7-10)13(9(3)16(12)4)14(17)15(18)19/h5-8H,1-4H3,(H,18,19). The van der Waals surface area contributed by atoms with E-state index in [4.69, 9.17) is 5.11 Å². The molecule has 0 unspecified atom stereocenters. The van der Waals surface area contributed by atoms with Gasteiger partial charge in [-0.3, -0.25) is 4.79 Å². The first-order chi connectivity index (χ1) is 8.84. The molecule has 19 heavy (non-hydrogen) atoms. The van der Waals surface area contributed by atoms with E-state index in [9.17, 15) is 9.59 Å². The van der Waals surface area contributed by atoms with Crippen LogP contribution < -0.4 is 0 Å². The number of rotatable bonds is 3. The number of nitrogens with zero attached hydrogens (tertiary/aromatic N) is 1. The van der Waals surface area contributed by atoms with Crippen LogP contribution in [0.4, 0.5) is 0 Å². The molecule has 100 valence electrons. The monoisotopic (exact) mass is 259 g/mol. The summed E-state index contributed by atoms with van der Waals surface area (Å²) in [5.41, 5.74) is 2.96. The fraction of sp³-hybridized carbons (Fsp3) is 0.333. The van der Waals surface area contributed by atoms with Crippen molar-refractivity contribution >= 4 is 22.7 Å². The lowest BCUT2D eigenvalue weighted by Gasteiger charge is -2.05. The van der Waals surface area contributed by atoms with E-state index in [1.165, 1.54) is 0 Å². The number of ketones is 1. The Balaban J connectivity index is 2.81. The van der Waals surface area contributed by atoms with Crippen LogP contribution in [0.1, 0.15) is 41.4 Å². The molecule has 0 aliphatic carbocycles. The van der Waals surface area contributed by atoms with E-state index in [1.807, 2.05) is 29.8 Å². The van der Waals surface area contributed by atoms with Crippen LogP contribution >= 0.6 is 0 Å². The highest BCUT2D eigenvalue weighted by atomic mass is 16.4. The smallest absolute Gasteiger partial charge is 0.377 e. The van der Waals surface area contributed by atoms with Gasteiger partial charge in [-0.05, 0) is 30.5 Å². The average Bonchev–Trinajstić information content (AvgIpc) is 2.60. The number of aromatic nitrogens is 1. The van der Waals surface area contributed by atoms with Gasteiger partial charge in [-0.15, -0.1) is 0 Å². The molecular weight excluding hydrogens is 242 g/mol. The lowest BCUT2D eigenvalue weighted by molar-refractivity contribution is -0.131. The number of hydrogen-bond donors (Lipinski definition) is 1. The van der Waals surface area contributed by atoms with E-state index in [0.29, 0.717) is 17.2 Å². The molecule has 1 heterocycles. The molecular formula is C15H17NO3. The molecule has 0 fully saturated rings. The summed E-state index contributed by atoms with van der Waals surface area (Å²) in [6.45, 7) is 5.90. The highest BCUT2D eigenvalue weighted by molar-refractivity contribution is 6.42. The molecule has 0 saturated heterocycles. The first-order valence-corrected chi connectivity index (χ1v) is 6.21. The van der Waals surface area contributed by atoms with E-state index >= 15 is 0 Å². The molecule has 1 aromatic heterocycles. The molecule has 2 aromatic rings. The normalized spacial score (nSPS) is 11.2. The van der Waals surface area contributed by atoms with Gasteiger partial charge in [-0.2, -0.15) is 0 Å². The second-order valence-corrected chi connectivity index (χ2v) is 5.08. The Morgan fingerprint density at radius 1 is 1.26 bits per heavy atom. The summed E-state index contributed by atoms with van der Waals surface area (Å²) in [6, 6.07) is 5.88. The van der Waals surface area contributed by atoms with Crippen LogP contribution in [0.25, 0.3) is 10.9 Å². The average molecular weight is 259 g/mol. The zero-order valence-electron chi connectivity index (χ0n) is 11.5. The zero-order valence-corrected chi connectivity index (χ0v) is 11.5. The first kappa shape index (κ1) is 13.3. The van der Waals surface area contributed by atoms with Crippen molar-refractivity contribution in [1.82, 2.24) is 4.57 Å². The molecule has 2 rings (SSSR count). The molecule has 4 heteroatoms. The SMILES string of the molecule is Cc1c(C(=O)C(=O)O)c2cc(C(C)C)ccc2n1C. The minimum atomic E-state index is -1.41. The quantitative estimate of drug-likeness (QED) is 0.681. The number of benzene rings is 1. The molecule has 1 N–H and O–H groups in total. The largest absolute Gasteiger partial charge is 0.475 e. The first-order valence-electron chi connectivity index (χ1n) is 6.21. The molecule has 0 amide bonds. The summed E-state index contributed by atoms with van der Waals surface area (Å²) in [5.74, 6) is -1.92. The number of carbonyl (C=O) groups is 2. The van der Waals surface area contributed by atoms with Gasteiger partial charge in [0.25, 0.3) is 5.78 Å². The maximum atomic E-state index is 11.9. The Morgan fingerprint density at radius 3 is 2.42 bits per heavy atom. The molecule has 0 aliphatic heterocycles. The number of carbonyl (C=O) groups excluding carboxylic acids is 1. The molecule has 0 aliphatic rings. The lowest BCUT2D eigenvalue weighted by atomic mass is 9.99. The van der Waals surface area contributed by atoms with Crippen molar-refractivity contribution < 1.29 is 14.7 Å². The van der Waals surface area contributed by atoms with Crippen LogP contribution in [-0.2, 0) is 11.8 Å². The maximum absolute atomic E-state index is 11.9. The predicted octanol–water partition coefficient (Wildman–Crippen LogP) is 2.88. The van der Waals surface area contributed by atoms with Gasteiger partial charge >= 0.3 is 5.97 Å². The van der Waals surface area contributed by atoms with Crippen molar-refractivity contribution in [3.63, 3.8) is 0 Å². The van der Waals surface area contributed by atoms with Crippen molar-refractivity contribution in [3.8, 4) is 0 Å². The van der Waals surface area contributed by atoms with Crippen molar-refractivity contribution in [1.29, 1.82) is 0 Å². The highest BCUT2D eigenvalue weighted by Gasteiger charge is 2.23. The summed E-state index contributed by atoms with van der Waals surface area (Å²) >= 11 is 0. The van der Waals surface area contributed by atoms with Gasteiger partial charge < -0.3 is 9.67 Å². The summed E-state index contributed by atoms with van der Waals surface area (Å²) < 4.78 is 1.86. The Kier molecular flexibility index (Phi) is 3.18. The number of hydrogen-bond acceptors (Lipinski definition) is 2. The van der Waals surface area contributed by atoms with E-state index in [2.05, 4.69) is 13.8 Å². The predicted molar refractivity (Wildman–Crippen MR) is 73.7 cm³/mol. The van der Waals surface area contributed by atoms with Crippen LogP contribution in [0, 0.1) is 6.92 Å². The van der Waals surface area contributed by atoms with Gasteiger partial charge in [0.1, 0.15) is 0 Å². The molecule has 0 radical (unpaired) electrons. The number of carboxylic acids is 1. The minimum Gasteiger partial charge on any atom is -0.475 e. The van der Waals surface area contributed by atoms with Gasteiger partial charge in [0.15, 0.2) is 0 Å². The van der Waals surface area contributed by atoms with Gasteiger partial charge in [0, 0.05) is 23.6 Å². The molecule has 0 saturated carbocycles. The van der Waals surface area contributed by atoms with E-state index in [-0.39, 0.29) is 0 Å². The van der Waals surface area contributed by atoms with Crippen LogP contribution in [0.3, 0.4) is 0 Å². The van der Waals surface area contributed by atoms with Crippen molar-refractivity contribution in [2.45, 2.75) is 26.7 Å². The Labute approximate surface area is 111 Å². The Hall–Kier alpha value is -2.10. The summed E-state index contributed by atoms with van der Waals surface area (Å²) in [5, 5.41) is 9.67. The summed E-state index contributed by atoms with van der Waals surface area (Å²) in [6.07, 6.45) is 0. The molecule has 0 spiro atoms. The van der Waals surface area contributed by atoms with E-state index < -0.39 is 11.8 Å². The fourth-order valence-electron chi connectivity index (χ4n) is 2.34. The maximum Gasteiger partial charge on any atom is 0.377 e. The number of Topliss-reactive ketones (excluding diaryl/α,β-unsaturated/α-hetero) is 1. The van der Waals surface area contributed by atoms with E-state index in [0.717, 1.165) is 16.5 Å². The Morgan fingerprint density at radius 2 is 1.89 bits per heavy atom. The third-order valence-corrected chi connectivity index (χ3v) is 3.60. The van der Waals surface area contributed by atoms with Crippen LogP contribution in [0.2, 0.25) is 0 Å². The van der Waals surface area contributed by atoms with Gasteiger partial charge in [-0.1, -0.05) is 19.9 Å². The molecule has 0 atom stereocenters. The van der Waals surface area contributed by atoms with E-state index in [1.54, 1.807) is 6.92 Å². The molecule has 1 aromatic carbocycles. The summed E-state index contributed by atoms with van der Waals surface area (Å²) in [4.78, 5) is 22.8. The van der Waals surface area contributed by atoms with Crippen molar-refractivity contribution in [2.24, 2.45) is 7.05 Å². The highest BCUT2D eigenvalue weighted by Crippen LogP contribution is 2.28. The van der Waals surface area contributed by atoms with Crippen LogP contribution in [0.15, 0.2) is 18.2 Å². The topological polar surface area (TPSA) is 59.3 Å². The van der Waals surface area contributed by atoms with Crippen molar-refractivity contribution in [2.75, 3.05) is 0 Å². The lowest BCUT2D eigenvalue weighted by Crippen LogP contribution is -2.13. The second kappa shape index (κ2) is 4.53. The third kappa shape index (κ3) is 2.03. The van der Waals surface area contributed by atoms with Crippen LogP contribution in [0.5, 0.6) is 0 Å². The Bertz CT molecular complexity index is 680. The number of fused-ring (bicyclic) bond motifs is 1. The van der Waals surface area contributed by atoms with Gasteiger partial charge in [0.05, 0.1) is 5.56 Å². The zero-order chi connectivity index (χ0) is 14.3. The second-order valence-electron chi connectivity index (χ2n) is 5.08. The molecule has 4 nitrogen and oxygen atoms in total. The number of aryl methyl sites for hydroxylation is 1. The third-order valence-electron chi connectivity index (χ3n) is 3.60. The number of aliphatic carboxylic acids is 1. The number of carboxylic acid groups (broad SMARTS) is 1.